The van der Waals surface area contributed by atoms with Crippen LogP contribution in [0.15, 0.2) is 29.3 Å². The molecule has 6 heteroatoms. The monoisotopic (exact) mass is 486 g/mol. The van der Waals surface area contributed by atoms with Crippen molar-refractivity contribution in [3.63, 3.8) is 0 Å². The minimum absolute atomic E-state index is 0. The van der Waals surface area contributed by atoms with E-state index >= 15 is 0 Å². The van der Waals surface area contributed by atoms with E-state index in [1.807, 2.05) is 4.90 Å². The lowest BCUT2D eigenvalue weighted by Crippen LogP contribution is -2.38. The molecule has 0 unspecified atom stereocenters. The molecule has 0 fully saturated rings. The van der Waals surface area contributed by atoms with Crippen molar-refractivity contribution in [3.05, 3.63) is 35.4 Å². The second-order valence-corrected chi connectivity index (χ2v) is 7.31. The molecule has 0 saturated carbocycles. The van der Waals surface area contributed by atoms with Gasteiger partial charge in [0.2, 0.25) is 5.91 Å². The number of halogens is 1. The third kappa shape index (κ3) is 8.49. The van der Waals surface area contributed by atoms with E-state index in [0.717, 1.165) is 51.4 Å². The summed E-state index contributed by atoms with van der Waals surface area (Å²) in [5.41, 5.74) is 2.66. The average Bonchev–Trinajstić information content (AvgIpc) is 2.64. The fourth-order valence-electron chi connectivity index (χ4n) is 3.11. The number of guanidine groups is 1. The molecule has 2 N–H and O–H groups in total. The summed E-state index contributed by atoms with van der Waals surface area (Å²) in [6.07, 6.45) is 3.44. The van der Waals surface area contributed by atoms with Crippen molar-refractivity contribution >= 4 is 35.8 Å². The van der Waals surface area contributed by atoms with E-state index in [-0.39, 0.29) is 29.9 Å². The molecular formula is C21H35IN4O. The maximum Gasteiger partial charge on any atom is 0.222 e. The topological polar surface area (TPSA) is 56.7 Å². The molecule has 0 spiro atoms. The number of amides is 1. The van der Waals surface area contributed by atoms with E-state index in [4.69, 9.17) is 0 Å². The highest BCUT2D eigenvalue weighted by Gasteiger charge is 2.19. The van der Waals surface area contributed by atoms with Crippen molar-refractivity contribution in [1.82, 2.24) is 15.5 Å². The number of carbonyl (C=O) groups is 1. The Hall–Kier alpha value is -1.31. The Morgan fingerprint density at radius 2 is 1.96 bits per heavy atom. The molecule has 1 aliphatic rings. The molecule has 0 bridgehead atoms. The highest BCUT2D eigenvalue weighted by molar-refractivity contribution is 14.0. The van der Waals surface area contributed by atoms with E-state index in [9.17, 15) is 4.79 Å². The molecule has 1 amide bonds. The van der Waals surface area contributed by atoms with Gasteiger partial charge < -0.3 is 15.5 Å². The first-order valence-corrected chi connectivity index (χ1v) is 9.97. The molecule has 0 aromatic heterocycles. The minimum atomic E-state index is 0. The number of rotatable bonds is 8. The molecule has 1 aromatic carbocycles. The Kier molecular flexibility index (Phi) is 11.4. The van der Waals surface area contributed by atoms with Crippen LogP contribution in [0, 0.1) is 5.92 Å². The molecule has 0 aliphatic carbocycles. The van der Waals surface area contributed by atoms with Crippen molar-refractivity contribution in [3.8, 4) is 0 Å². The highest BCUT2D eigenvalue weighted by Crippen LogP contribution is 2.19. The predicted molar refractivity (Wildman–Crippen MR) is 124 cm³/mol. The van der Waals surface area contributed by atoms with Crippen LogP contribution in [-0.2, 0) is 17.8 Å². The van der Waals surface area contributed by atoms with Gasteiger partial charge >= 0.3 is 0 Å². The first-order chi connectivity index (χ1) is 12.6. The lowest BCUT2D eigenvalue weighted by atomic mass is 9.99. The van der Waals surface area contributed by atoms with Crippen LogP contribution in [-0.4, -0.2) is 42.9 Å². The smallest absolute Gasteiger partial charge is 0.222 e. The van der Waals surface area contributed by atoms with E-state index in [0.29, 0.717) is 18.9 Å². The Morgan fingerprint density at radius 1 is 1.22 bits per heavy atom. The van der Waals surface area contributed by atoms with Gasteiger partial charge in [-0.05, 0) is 43.2 Å². The SMILES string of the molecule is CCNC(=NCCCC(=O)N1CCc2ccccc2C1)NCCC(C)C.I. The second-order valence-electron chi connectivity index (χ2n) is 7.31. The Bertz CT molecular complexity index is 604. The van der Waals surface area contributed by atoms with Gasteiger partial charge in [-0.1, -0.05) is 38.1 Å². The predicted octanol–water partition coefficient (Wildman–Crippen LogP) is 3.57. The van der Waals surface area contributed by atoms with Crippen LogP contribution in [0.25, 0.3) is 0 Å². The molecule has 1 aliphatic heterocycles. The highest BCUT2D eigenvalue weighted by atomic mass is 127. The van der Waals surface area contributed by atoms with Gasteiger partial charge in [0, 0.05) is 39.1 Å². The maximum atomic E-state index is 12.5. The third-order valence-electron chi connectivity index (χ3n) is 4.66. The fraction of sp³-hybridized carbons (Fsp3) is 0.619. The summed E-state index contributed by atoms with van der Waals surface area (Å²) in [5.74, 6) is 1.78. The van der Waals surface area contributed by atoms with Crippen LogP contribution in [0.5, 0.6) is 0 Å². The van der Waals surface area contributed by atoms with Gasteiger partial charge in [-0.25, -0.2) is 0 Å². The lowest BCUT2D eigenvalue weighted by Gasteiger charge is -2.28. The van der Waals surface area contributed by atoms with E-state index in [2.05, 4.69) is 60.7 Å². The van der Waals surface area contributed by atoms with Gasteiger partial charge in [-0.2, -0.15) is 0 Å². The van der Waals surface area contributed by atoms with Crippen LogP contribution in [0.4, 0.5) is 0 Å². The molecular weight excluding hydrogens is 451 g/mol. The Balaban J connectivity index is 0.00000364. The number of carbonyl (C=O) groups excluding carboxylic acids is 1. The largest absolute Gasteiger partial charge is 0.357 e. The molecule has 0 atom stereocenters. The quantitative estimate of drug-likeness (QED) is 0.256. The average molecular weight is 486 g/mol. The zero-order valence-electron chi connectivity index (χ0n) is 17.0. The first kappa shape index (κ1) is 23.7. The molecule has 1 heterocycles. The van der Waals surface area contributed by atoms with Gasteiger partial charge in [-0.3, -0.25) is 9.79 Å². The standard InChI is InChI=1S/C21H34N4O.HI/c1-4-22-21(24-14-11-17(2)3)23-13-7-10-20(26)25-15-12-18-8-5-6-9-19(18)16-25;/h5-6,8-9,17H,4,7,10-16H2,1-3H3,(H2,22,23,24);1H. The van der Waals surface area contributed by atoms with E-state index in [1.54, 1.807) is 0 Å². The summed E-state index contributed by atoms with van der Waals surface area (Å²) >= 11 is 0. The van der Waals surface area contributed by atoms with Crippen molar-refractivity contribution in [2.24, 2.45) is 10.9 Å². The molecule has 0 radical (unpaired) electrons. The molecule has 2 rings (SSSR count). The number of benzene rings is 1. The lowest BCUT2D eigenvalue weighted by molar-refractivity contribution is -0.132. The summed E-state index contributed by atoms with van der Waals surface area (Å²) in [7, 11) is 0. The molecule has 5 nitrogen and oxygen atoms in total. The number of aliphatic imine (C=N–C) groups is 1. The van der Waals surface area contributed by atoms with Gasteiger partial charge in [0.1, 0.15) is 0 Å². The van der Waals surface area contributed by atoms with Gasteiger partial charge in [0.25, 0.3) is 0 Å². The summed E-state index contributed by atoms with van der Waals surface area (Å²) in [6, 6.07) is 8.42. The van der Waals surface area contributed by atoms with Crippen LogP contribution in [0.1, 0.15) is 51.2 Å². The third-order valence-corrected chi connectivity index (χ3v) is 4.66. The second kappa shape index (κ2) is 13.0. The first-order valence-electron chi connectivity index (χ1n) is 9.97. The van der Waals surface area contributed by atoms with Crippen LogP contribution < -0.4 is 10.6 Å². The van der Waals surface area contributed by atoms with Crippen molar-refractivity contribution in [2.75, 3.05) is 26.2 Å². The van der Waals surface area contributed by atoms with E-state index < -0.39 is 0 Å². The summed E-state index contributed by atoms with van der Waals surface area (Å²) in [5, 5.41) is 6.62. The van der Waals surface area contributed by atoms with Crippen molar-refractivity contribution in [2.45, 2.75) is 53.0 Å². The van der Waals surface area contributed by atoms with Crippen LogP contribution in [0.3, 0.4) is 0 Å². The molecule has 1 aromatic rings. The van der Waals surface area contributed by atoms with Crippen LogP contribution in [0.2, 0.25) is 0 Å². The number of fused-ring (bicyclic) bond motifs is 1. The summed E-state index contributed by atoms with van der Waals surface area (Å²) in [6.45, 7) is 10.5. The Labute approximate surface area is 181 Å². The maximum absolute atomic E-state index is 12.5. The summed E-state index contributed by atoms with van der Waals surface area (Å²) in [4.78, 5) is 19.0. The molecule has 27 heavy (non-hydrogen) atoms. The Morgan fingerprint density at radius 3 is 2.67 bits per heavy atom. The van der Waals surface area contributed by atoms with Gasteiger partial charge in [0.05, 0.1) is 0 Å². The zero-order chi connectivity index (χ0) is 18.8. The number of hydrogen-bond acceptors (Lipinski definition) is 2. The minimum Gasteiger partial charge on any atom is -0.357 e. The van der Waals surface area contributed by atoms with Crippen molar-refractivity contribution in [1.29, 1.82) is 0 Å². The number of nitrogens with zero attached hydrogens (tertiary/aromatic N) is 2. The van der Waals surface area contributed by atoms with Crippen molar-refractivity contribution < 1.29 is 4.79 Å². The van der Waals surface area contributed by atoms with Crippen LogP contribution >= 0.6 is 24.0 Å². The molecule has 0 saturated heterocycles. The zero-order valence-corrected chi connectivity index (χ0v) is 19.3. The summed E-state index contributed by atoms with van der Waals surface area (Å²) < 4.78 is 0. The van der Waals surface area contributed by atoms with Gasteiger partial charge in [0.15, 0.2) is 5.96 Å². The van der Waals surface area contributed by atoms with Gasteiger partial charge in [-0.15, -0.1) is 24.0 Å². The van der Waals surface area contributed by atoms with E-state index in [1.165, 1.54) is 11.1 Å². The number of nitrogens with one attached hydrogen (secondary N) is 2. The molecule has 152 valence electrons. The normalized spacial score (nSPS) is 13.8. The number of hydrogen-bond donors (Lipinski definition) is 2. The fourth-order valence-corrected chi connectivity index (χ4v) is 3.11.